The van der Waals surface area contributed by atoms with Crippen LogP contribution in [-0.4, -0.2) is 100 Å². The van der Waals surface area contributed by atoms with Gasteiger partial charge in [-0.3, -0.25) is 9.59 Å². The first-order chi connectivity index (χ1) is 32.7. The van der Waals surface area contributed by atoms with Gasteiger partial charge in [-0.05, 0) is 44.9 Å². The molecule has 1 saturated heterocycles. The number of hydrogen-bond acceptors (Lipinski definition) is 10. The van der Waals surface area contributed by atoms with E-state index in [0.29, 0.717) is 19.4 Å². The fourth-order valence-electron chi connectivity index (χ4n) is 8.80. The molecule has 67 heavy (non-hydrogen) atoms. The quantitative estimate of drug-likeness (QED) is 0.0196. The van der Waals surface area contributed by atoms with Gasteiger partial charge in [0.05, 0.1) is 32.0 Å². The van der Waals surface area contributed by atoms with Gasteiger partial charge in [-0.25, -0.2) is 0 Å². The summed E-state index contributed by atoms with van der Waals surface area (Å²) in [5, 5.41) is 54.2. The third kappa shape index (κ3) is 36.7. The molecule has 0 aromatic rings. The molecular weight excluding hydrogens is 847 g/mol. The van der Waals surface area contributed by atoms with Gasteiger partial charge in [0.25, 0.3) is 0 Å². The number of carbonyl (C=O) groups excluding carboxylic acids is 2. The van der Waals surface area contributed by atoms with Crippen molar-refractivity contribution < 1.29 is 49.3 Å². The van der Waals surface area contributed by atoms with Crippen LogP contribution < -0.4 is 5.32 Å². The van der Waals surface area contributed by atoms with Gasteiger partial charge in [-0.1, -0.05) is 224 Å². The molecule has 6 N–H and O–H groups in total. The van der Waals surface area contributed by atoms with Gasteiger partial charge in [0.2, 0.25) is 5.91 Å². The molecule has 7 unspecified atom stereocenters. The molecule has 0 aromatic carbocycles. The molecule has 0 radical (unpaired) electrons. The number of ether oxygens (including phenoxy) is 3. The summed E-state index contributed by atoms with van der Waals surface area (Å²) in [6, 6.07) is -0.831. The Balaban J connectivity index is 2.13. The highest BCUT2D eigenvalue weighted by molar-refractivity contribution is 5.76. The van der Waals surface area contributed by atoms with Crippen LogP contribution in [0.15, 0.2) is 24.3 Å². The zero-order valence-electron chi connectivity index (χ0n) is 43.1. The third-order valence-electron chi connectivity index (χ3n) is 13.3. The van der Waals surface area contributed by atoms with E-state index in [1.165, 1.54) is 161 Å². The summed E-state index contributed by atoms with van der Waals surface area (Å²) in [4.78, 5) is 25.0. The minimum absolute atomic E-state index is 0.0160. The smallest absolute Gasteiger partial charge is 0.305 e. The minimum Gasteiger partial charge on any atom is -0.466 e. The number of allylic oxidation sites excluding steroid dienone is 3. The summed E-state index contributed by atoms with van der Waals surface area (Å²) in [6.45, 7) is 4.29. The zero-order valence-corrected chi connectivity index (χ0v) is 43.1. The van der Waals surface area contributed by atoms with E-state index in [2.05, 4.69) is 31.3 Å². The maximum atomic E-state index is 13.0. The molecular formula is C56H105NO10. The Bertz CT molecular complexity index is 1170. The SMILES string of the molecule is CCCCCCCC/C=C/CC/C=C/C(O)C(COC1OC(CO)C(O)C(O)C1O)NC(=O)CCCCCCCCCCCCCCCCCCOC(=O)CCCCCCCCCCCCC. The summed E-state index contributed by atoms with van der Waals surface area (Å²) in [5.74, 6) is -0.215. The van der Waals surface area contributed by atoms with Crippen LogP contribution in [0.25, 0.3) is 0 Å². The monoisotopic (exact) mass is 952 g/mol. The van der Waals surface area contributed by atoms with Crippen molar-refractivity contribution in [2.24, 2.45) is 0 Å². The van der Waals surface area contributed by atoms with Crippen LogP contribution in [0.2, 0.25) is 0 Å². The molecule has 0 saturated carbocycles. The Labute approximate surface area is 410 Å². The summed E-state index contributed by atoms with van der Waals surface area (Å²) < 4.78 is 16.7. The largest absolute Gasteiger partial charge is 0.466 e. The molecule has 0 aliphatic carbocycles. The predicted octanol–water partition coefficient (Wildman–Crippen LogP) is 12.2. The number of hydrogen-bond donors (Lipinski definition) is 6. The van der Waals surface area contributed by atoms with Crippen molar-refractivity contribution in [1.82, 2.24) is 5.32 Å². The number of rotatable bonds is 48. The number of aliphatic hydroxyl groups is 5. The summed E-state index contributed by atoms with van der Waals surface area (Å²) >= 11 is 0. The van der Waals surface area contributed by atoms with Crippen molar-refractivity contribution in [3.63, 3.8) is 0 Å². The van der Waals surface area contributed by atoms with E-state index < -0.39 is 49.5 Å². The molecule has 0 bridgehead atoms. The van der Waals surface area contributed by atoms with E-state index in [1.807, 2.05) is 6.08 Å². The van der Waals surface area contributed by atoms with Crippen molar-refractivity contribution in [2.45, 2.75) is 301 Å². The topological polar surface area (TPSA) is 175 Å². The van der Waals surface area contributed by atoms with Gasteiger partial charge in [-0.15, -0.1) is 0 Å². The molecule has 11 nitrogen and oxygen atoms in total. The van der Waals surface area contributed by atoms with Crippen LogP contribution in [0, 0.1) is 0 Å². The lowest BCUT2D eigenvalue weighted by Gasteiger charge is -2.40. The Morgan fingerprint density at radius 2 is 0.970 bits per heavy atom. The first kappa shape index (κ1) is 63.2. The Morgan fingerprint density at radius 1 is 0.537 bits per heavy atom. The molecule has 11 heteroatoms. The summed E-state index contributed by atoms with van der Waals surface area (Å²) in [5.41, 5.74) is 0. The Kier molecular flexibility index (Phi) is 43.8. The highest BCUT2D eigenvalue weighted by Gasteiger charge is 2.44. The number of esters is 1. The molecule has 0 spiro atoms. The lowest BCUT2D eigenvalue weighted by molar-refractivity contribution is -0.302. The van der Waals surface area contributed by atoms with E-state index in [4.69, 9.17) is 14.2 Å². The van der Waals surface area contributed by atoms with E-state index in [9.17, 15) is 35.1 Å². The second kappa shape index (κ2) is 46.5. The molecule has 7 atom stereocenters. The predicted molar refractivity (Wildman–Crippen MR) is 274 cm³/mol. The third-order valence-corrected chi connectivity index (χ3v) is 13.3. The van der Waals surface area contributed by atoms with Gasteiger partial charge in [0, 0.05) is 12.8 Å². The molecule has 1 heterocycles. The molecule has 1 aliphatic heterocycles. The first-order valence-corrected chi connectivity index (χ1v) is 28.1. The Hall–Kier alpha value is -1.86. The fraction of sp³-hybridized carbons (Fsp3) is 0.893. The van der Waals surface area contributed by atoms with E-state index in [0.717, 1.165) is 70.6 Å². The minimum atomic E-state index is -1.58. The Morgan fingerprint density at radius 3 is 1.48 bits per heavy atom. The number of amides is 1. The second-order valence-electron chi connectivity index (χ2n) is 19.6. The van der Waals surface area contributed by atoms with Crippen molar-refractivity contribution in [3.8, 4) is 0 Å². The van der Waals surface area contributed by atoms with Crippen LogP contribution in [0.1, 0.15) is 258 Å². The van der Waals surface area contributed by atoms with Crippen LogP contribution in [0.5, 0.6) is 0 Å². The normalized spacial score (nSPS) is 19.7. The van der Waals surface area contributed by atoms with Gasteiger partial charge in [0.1, 0.15) is 24.4 Å². The lowest BCUT2D eigenvalue weighted by Crippen LogP contribution is -2.60. The van der Waals surface area contributed by atoms with Crippen molar-refractivity contribution in [2.75, 3.05) is 19.8 Å². The van der Waals surface area contributed by atoms with Crippen LogP contribution in [0.3, 0.4) is 0 Å². The number of carbonyl (C=O) groups is 2. The van der Waals surface area contributed by atoms with E-state index in [-0.39, 0.29) is 18.5 Å². The molecule has 1 rings (SSSR count). The van der Waals surface area contributed by atoms with Crippen LogP contribution in [0.4, 0.5) is 0 Å². The van der Waals surface area contributed by atoms with Gasteiger partial charge in [0.15, 0.2) is 6.29 Å². The second-order valence-corrected chi connectivity index (χ2v) is 19.6. The number of unbranched alkanes of at least 4 members (excludes halogenated alkanes) is 32. The maximum absolute atomic E-state index is 13.0. The highest BCUT2D eigenvalue weighted by Crippen LogP contribution is 2.23. The maximum Gasteiger partial charge on any atom is 0.305 e. The average Bonchev–Trinajstić information content (AvgIpc) is 3.32. The number of nitrogens with one attached hydrogen (secondary N) is 1. The molecule has 394 valence electrons. The van der Waals surface area contributed by atoms with Gasteiger partial charge >= 0.3 is 5.97 Å². The number of aliphatic hydroxyl groups excluding tert-OH is 5. The standard InChI is InChI=1S/C56H105NO10/c1-3-5-7-9-11-13-15-23-26-30-34-38-42-49(59)48(47-66-56-55(64)54(63)53(62)50(46-58)67-56)57-51(60)43-39-35-31-27-24-20-18-16-17-19-21-25-29-33-37-41-45-65-52(61)44-40-36-32-28-22-14-12-10-8-6-4-2/h23,26,38,42,48-50,53-56,58-59,62-64H,3-22,24-25,27-37,39-41,43-47H2,1-2H3,(H,57,60)/b26-23+,42-38+. The average molecular weight is 952 g/mol. The van der Waals surface area contributed by atoms with Crippen molar-refractivity contribution in [3.05, 3.63) is 24.3 Å². The van der Waals surface area contributed by atoms with Crippen molar-refractivity contribution in [1.29, 1.82) is 0 Å². The van der Waals surface area contributed by atoms with Crippen LogP contribution in [-0.2, 0) is 23.8 Å². The molecule has 1 fully saturated rings. The summed E-state index contributed by atoms with van der Waals surface area (Å²) in [6.07, 6.45) is 44.0. The molecule has 1 aliphatic rings. The van der Waals surface area contributed by atoms with Crippen molar-refractivity contribution >= 4 is 11.9 Å². The molecule has 0 aromatic heterocycles. The highest BCUT2D eigenvalue weighted by atomic mass is 16.7. The summed E-state index contributed by atoms with van der Waals surface area (Å²) in [7, 11) is 0. The van der Waals surface area contributed by atoms with Gasteiger partial charge < -0.3 is 45.1 Å². The fourth-order valence-corrected chi connectivity index (χ4v) is 8.80. The zero-order chi connectivity index (χ0) is 48.8. The first-order valence-electron chi connectivity index (χ1n) is 28.1. The molecule has 1 amide bonds. The van der Waals surface area contributed by atoms with E-state index >= 15 is 0 Å². The van der Waals surface area contributed by atoms with E-state index in [1.54, 1.807) is 6.08 Å². The van der Waals surface area contributed by atoms with Crippen LogP contribution >= 0.6 is 0 Å². The lowest BCUT2D eigenvalue weighted by atomic mass is 9.99. The van der Waals surface area contributed by atoms with Gasteiger partial charge in [-0.2, -0.15) is 0 Å².